The zero-order chi connectivity index (χ0) is 22.8. The first kappa shape index (κ1) is 20.6. The van der Waals surface area contributed by atoms with E-state index in [0.29, 0.717) is 28.8 Å². The Bertz CT molecular complexity index is 1310. The van der Waals surface area contributed by atoms with Gasteiger partial charge in [-0.05, 0) is 24.0 Å². The molecule has 6 nitrogen and oxygen atoms in total. The molecule has 1 aliphatic heterocycles. The largest absolute Gasteiger partial charge is 0.504 e. The zero-order valence-electron chi connectivity index (χ0n) is 19.0. The fourth-order valence-corrected chi connectivity index (χ4v) is 5.25. The number of phenols is 1. The van der Waals surface area contributed by atoms with Crippen LogP contribution in [0.1, 0.15) is 52.0 Å². The summed E-state index contributed by atoms with van der Waals surface area (Å²) in [5.41, 5.74) is 3.21. The van der Waals surface area contributed by atoms with Crippen molar-refractivity contribution in [1.82, 2.24) is 4.98 Å². The van der Waals surface area contributed by atoms with Crippen molar-refractivity contribution in [3.8, 4) is 17.2 Å². The van der Waals surface area contributed by atoms with E-state index in [4.69, 9.17) is 19.2 Å². The van der Waals surface area contributed by atoms with E-state index >= 15 is 0 Å². The molecule has 2 unspecified atom stereocenters. The minimum absolute atomic E-state index is 0.0161. The molecular formula is C26H27NO5. The Kier molecular flexibility index (Phi) is 4.59. The molecule has 0 amide bonds. The van der Waals surface area contributed by atoms with Crippen LogP contribution in [0.2, 0.25) is 0 Å². The summed E-state index contributed by atoms with van der Waals surface area (Å²) in [5, 5.41) is 12.6. The molecule has 0 fully saturated rings. The number of allylic oxidation sites excluding steroid dienone is 1. The number of aromatic nitrogens is 1. The average molecular weight is 434 g/mol. The Hall–Kier alpha value is -3.28. The van der Waals surface area contributed by atoms with Crippen molar-refractivity contribution in [2.75, 3.05) is 7.11 Å². The van der Waals surface area contributed by atoms with Crippen molar-refractivity contribution in [2.45, 2.75) is 52.6 Å². The first-order valence-electron chi connectivity index (χ1n) is 10.9. The molecule has 3 aromatic rings. The molecular weight excluding hydrogens is 406 g/mol. The number of hydrogen-bond donors (Lipinski definition) is 1. The molecule has 1 aliphatic carbocycles. The van der Waals surface area contributed by atoms with Crippen LogP contribution in [-0.4, -0.2) is 29.3 Å². The van der Waals surface area contributed by atoms with Crippen molar-refractivity contribution in [3.63, 3.8) is 0 Å². The van der Waals surface area contributed by atoms with Crippen LogP contribution in [-0.2, 0) is 9.53 Å². The Morgan fingerprint density at radius 1 is 1.28 bits per heavy atom. The number of aromatic hydroxyl groups is 1. The molecule has 6 heteroatoms. The monoisotopic (exact) mass is 433 g/mol. The van der Waals surface area contributed by atoms with Crippen LogP contribution in [0.15, 0.2) is 41.7 Å². The molecule has 2 heterocycles. The van der Waals surface area contributed by atoms with Crippen LogP contribution in [0, 0.1) is 5.41 Å². The van der Waals surface area contributed by atoms with Gasteiger partial charge >= 0.3 is 5.97 Å². The number of carbonyl (C=O) groups is 1. The van der Waals surface area contributed by atoms with E-state index in [2.05, 4.69) is 20.8 Å². The first-order chi connectivity index (χ1) is 15.2. The van der Waals surface area contributed by atoms with Crippen LogP contribution in [0.3, 0.4) is 0 Å². The number of nitrogens with zero attached hydrogens (tertiary/aromatic N) is 1. The topological polar surface area (TPSA) is 77.9 Å². The van der Waals surface area contributed by atoms with Gasteiger partial charge in [-0.15, -0.1) is 0 Å². The second kappa shape index (κ2) is 7.12. The van der Waals surface area contributed by atoms with Gasteiger partial charge in [0.15, 0.2) is 11.5 Å². The molecule has 0 spiro atoms. The van der Waals surface area contributed by atoms with Crippen LogP contribution >= 0.6 is 0 Å². The van der Waals surface area contributed by atoms with Crippen LogP contribution < -0.4 is 9.47 Å². The van der Waals surface area contributed by atoms with Gasteiger partial charge in [-0.2, -0.15) is 0 Å². The maximum atomic E-state index is 11.9. The fourth-order valence-electron chi connectivity index (χ4n) is 5.25. The number of para-hydroxylation sites is 1. The third-order valence-electron chi connectivity index (χ3n) is 6.58. The van der Waals surface area contributed by atoms with E-state index in [-0.39, 0.29) is 29.2 Å². The summed E-state index contributed by atoms with van der Waals surface area (Å²) in [6.07, 6.45) is 1.05. The van der Waals surface area contributed by atoms with E-state index in [0.717, 1.165) is 34.2 Å². The second-order valence-corrected chi connectivity index (χ2v) is 9.55. The summed E-state index contributed by atoms with van der Waals surface area (Å²) in [5.74, 6) is 1.16. The lowest BCUT2D eigenvalue weighted by atomic mass is 9.70. The Morgan fingerprint density at radius 3 is 2.75 bits per heavy atom. The molecule has 1 N–H and O–H groups in total. The number of methoxy groups -OCH3 is 1. The smallest absolute Gasteiger partial charge is 0.303 e. The molecule has 2 atom stereocenters. The number of fused-ring (bicyclic) bond motifs is 4. The highest BCUT2D eigenvalue weighted by Gasteiger charge is 2.44. The zero-order valence-corrected chi connectivity index (χ0v) is 19.0. The summed E-state index contributed by atoms with van der Waals surface area (Å²) in [6, 6.07) is 9.73. The SMILES string of the molecule is COc1c2c(c3nc4ccccc4cc3c1O)C(C)C1=C(CC(C)(C)CC1OC(C)=O)O2. The van der Waals surface area contributed by atoms with Gasteiger partial charge in [0.25, 0.3) is 0 Å². The minimum Gasteiger partial charge on any atom is -0.504 e. The highest BCUT2D eigenvalue weighted by molar-refractivity contribution is 6.01. The summed E-state index contributed by atoms with van der Waals surface area (Å²) in [7, 11) is 1.53. The van der Waals surface area contributed by atoms with E-state index in [1.54, 1.807) is 0 Å². The standard InChI is InChI=1S/C26H27NO5/c1-13-20-18(31-14(2)28)11-26(3,4)12-19(20)32-24-21(13)22-16(23(29)25(24)30-5)10-15-8-6-7-9-17(15)27-22/h6-10,13,18,29H,11-12H2,1-5H3. The number of rotatable bonds is 2. The van der Waals surface area contributed by atoms with Crippen molar-refractivity contribution in [3.05, 3.63) is 47.2 Å². The van der Waals surface area contributed by atoms with Gasteiger partial charge in [0, 0.05) is 41.2 Å². The number of ether oxygens (including phenoxy) is 3. The molecule has 0 saturated heterocycles. The van der Waals surface area contributed by atoms with Crippen molar-refractivity contribution in [1.29, 1.82) is 0 Å². The minimum atomic E-state index is -0.371. The van der Waals surface area contributed by atoms with Crippen LogP contribution in [0.4, 0.5) is 0 Å². The Morgan fingerprint density at radius 2 is 2.03 bits per heavy atom. The van der Waals surface area contributed by atoms with Gasteiger partial charge in [0.1, 0.15) is 11.9 Å². The van der Waals surface area contributed by atoms with E-state index < -0.39 is 0 Å². The third-order valence-corrected chi connectivity index (χ3v) is 6.58. The number of hydrogen-bond acceptors (Lipinski definition) is 6. The number of benzene rings is 2. The van der Waals surface area contributed by atoms with Crippen molar-refractivity contribution in [2.24, 2.45) is 5.41 Å². The Labute approximate surface area is 186 Å². The highest BCUT2D eigenvalue weighted by atomic mass is 16.5. The number of carbonyl (C=O) groups excluding carboxylic acids is 1. The molecule has 2 aliphatic rings. The molecule has 1 aromatic heterocycles. The van der Waals surface area contributed by atoms with Crippen molar-refractivity contribution >= 4 is 27.8 Å². The lowest BCUT2D eigenvalue weighted by Crippen LogP contribution is -2.37. The van der Waals surface area contributed by atoms with Crippen LogP contribution in [0.25, 0.3) is 21.8 Å². The first-order valence-corrected chi connectivity index (χ1v) is 10.9. The van der Waals surface area contributed by atoms with E-state index in [1.807, 2.05) is 30.3 Å². The lowest BCUT2D eigenvalue weighted by molar-refractivity contribution is -0.146. The van der Waals surface area contributed by atoms with E-state index in [1.165, 1.54) is 14.0 Å². The maximum absolute atomic E-state index is 11.9. The Balaban J connectivity index is 1.80. The molecule has 32 heavy (non-hydrogen) atoms. The molecule has 2 aromatic carbocycles. The lowest BCUT2D eigenvalue weighted by Gasteiger charge is -2.42. The van der Waals surface area contributed by atoms with Gasteiger partial charge in [-0.1, -0.05) is 39.0 Å². The molecule has 0 saturated carbocycles. The predicted octanol–water partition coefficient (Wildman–Crippen LogP) is 5.60. The summed E-state index contributed by atoms with van der Waals surface area (Å²) in [6.45, 7) is 7.80. The number of phenolic OH excluding ortho intramolecular Hbond substituents is 1. The second-order valence-electron chi connectivity index (χ2n) is 9.55. The fraction of sp³-hybridized carbons (Fsp3) is 0.385. The molecule has 166 valence electrons. The van der Waals surface area contributed by atoms with E-state index in [9.17, 15) is 9.90 Å². The molecule has 5 rings (SSSR count). The van der Waals surface area contributed by atoms with Gasteiger partial charge in [0.05, 0.1) is 18.1 Å². The van der Waals surface area contributed by atoms with Gasteiger partial charge in [-0.3, -0.25) is 4.79 Å². The van der Waals surface area contributed by atoms with Gasteiger partial charge < -0.3 is 19.3 Å². The highest BCUT2D eigenvalue weighted by Crippen LogP contribution is 2.56. The van der Waals surface area contributed by atoms with Gasteiger partial charge in [-0.25, -0.2) is 4.98 Å². The summed E-state index contributed by atoms with van der Waals surface area (Å²) >= 11 is 0. The predicted molar refractivity (Wildman–Crippen MR) is 122 cm³/mol. The number of pyridine rings is 1. The quantitative estimate of drug-likeness (QED) is 0.418. The summed E-state index contributed by atoms with van der Waals surface area (Å²) < 4.78 is 17.8. The van der Waals surface area contributed by atoms with Crippen molar-refractivity contribution < 1.29 is 24.1 Å². The summed E-state index contributed by atoms with van der Waals surface area (Å²) in [4.78, 5) is 16.8. The molecule has 0 radical (unpaired) electrons. The normalized spacial score (nSPS) is 21.7. The maximum Gasteiger partial charge on any atom is 0.303 e. The third kappa shape index (κ3) is 3.08. The average Bonchev–Trinajstić information content (AvgIpc) is 2.71. The number of esters is 1. The molecule has 0 bridgehead atoms. The van der Waals surface area contributed by atoms with Crippen LogP contribution in [0.5, 0.6) is 17.2 Å². The van der Waals surface area contributed by atoms with Gasteiger partial charge in [0.2, 0.25) is 5.75 Å².